The molecule has 1 unspecified atom stereocenters. The van der Waals surface area contributed by atoms with Gasteiger partial charge in [0.05, 0.1) is 0 Å². The van der Waals surface area contributed by atoms with E-state index < -0.39 is 0 Å². The first-order valence-corrected chi connectivity index (χ1v) is 3.74. The van der Waals surface area contributed by atoms with E-state index in [-0.39, 0.29) is 6.04 Å². The molecule has 1 aromatic heterocycles. The summed E-state index contributed by atoms with van der Waals surface area (Å²) in [5.74, 6) is 0.658. The Morgan fingerprint density at radius 1 is 1.70 bits per heavy atom. The molecule has 0 aliphatic rings. The Hall–Kier alpha value is -0.540. The lowest BCUT2D eigenvalue weighted by Crippen LogP contribution is -2.11. The van der Waals surface area contributed by atoms with E-state index in [1.807, 2.05) is 12.1 Å². The van der Waals surface area contributed by atoms with Gasteiger partial charge in [-0.3, -0.25) is 4.98 Å². The molecule has 1 rings (SSSR count). The van der Waals surface area contributed by atoms with Crippen molar-refractivity contribution >= 4 is 12.6 Å². The summed E-state index contributed by atoms with van der Waals surface area (Å²) in [5, 5.41) is 0. The summed E-state index contributed by atoms with van der Waals surface area (Å²) in [4.78, 5) is 3.94. The van der Waals surface area contributed by atoms with E-state index in [2.05, 4.69) is 17.6 Å². The summed E-state index contributed by atoms with van der Waals surface area (Å²) in [7, 11) is 0. The highest BCUT2D eigenvalue weighted by molar-refractivity contribution is 7.80. The Morgan fingerprint density at radius 2 is 2.50 bits per heavy atom. The van der Waals surface area contributed by atoms with Crippen LogP contribution in [0.15, 0.2) is 24.5 Å². The predicted octanol–water partition coefficient (Wildman–Crippen LogP) is 1.01. The minimum atomic E-state index is 0.0111. The molecule has 0 radical (unpaired) electrons. The third-order valence-corrected chi connectivity index (χ3v) is 1.70. The highest BCUT2D eigenvalue weighted by Crippen LogP contribution is 2.07. The minimum Gasteiger partial charge on any atom is -0.323 e. The Balaban J connectivity index is 2.75. The van der Waals surface area contributed by atoms with Crippen LogP contribution in [-0.2, 0) is 0 Å². The second kappa shape index (κ2) is 3.58. The second-order valence-electron chi connectivity index (χ2n) is 2.08. The molecule has 3 heteroatoms. The standard InChI is InChI=1S/C7H10N2S/c8-7(5-10)6-2-1-3-9-4-6/h1-4,7,10H,5,8H2. The second-order valence-corrected chi connectivity index (χ2v) is 2.44. The van der Waals surface area contributed by atoms with Gasteiger partial charge in [-0.2, -0.15) is 12.6 Å². The Kier molecular flexibility index (Phi) is 2.71. The van der Waals surface area contributed by atoms with Gasteiger partial charge in [0.1, 0.15) is 0 Å². The van der Waals surface area contributed by atoms with Crippen LogP contribution in [-0.4, -0.2) is 10.7 Å². The fourth-order valence-electron chi connectivity index (χ4n) is 0.701. The van der Waals surface area contributed by atoms with Crippen molar-refractivity contribution in [3.05, 3.63) is 30.1 Å². The molecule has 0 aliphatic heterocycles. The Labute approximate surface area is 65.9 Å². The van der Waals surface area contributed by atoms with Crippen LogP contribution in [0.25, 0.3) is 0 Å². The average Bonchev–Trinajstić information content (AvgIpc) is 2.05. The number of hydrogen-bond donors (Lipinski definition) is 2. The largest absolute Gasteiger partial charge is 0.323 e. The average molecular weight is 154 g/mol. The summed E-state index contributed by atoms with van der Waals surface area (Å²) in [6.45, 7) is 0. The van der Waals surface area contributed by atoms with E-state index in [1.165, 1.54) is 0 Å². The fraction of sp³-hybridized carbons (Fsp3) is 0.286. The maximum Gasteiger partial charge on any atom is 0.0399 e. The quantitative estimate of drug-likeness (QED) is 0.624. The SMILES string of the molecule is NC(CS)c1cccnc1. The van der Waals surface area contributed by atoms with Crippen molar-refractivity contribution in [2.75, 3.05) is 5.75 Å². The van der Waals surface area contributed by atoms with Crippen molar-refractivity contribution in [1.82, 2.24) is 4.98 Å². The monoisotopic (exact) mass is 154 g/mol. The van der Waals surface area contributed by atoms with Crippen LogP contribution in [0.5, 0.6) is 0 Å². The molecular weight excluding hydrogens is 144 g/mol. The smallest absolute Gasteiger partial charge is 0.0399 e. The highest BCUT2D eigenvalue weighted by atomic mass is 32.1. The molecule has 0 fully saturated rings. The van der Waals surface area contributed by atoms with Crippen LogP contribution in [0.2, 0.25) is 0 Å². The van der Waals surface area contributed by atoms with Gasteiger partial charge in [0, 0.05) is 24.2 Å². The van der Waals surface area contributed by atoms with E-state index in [0.717, 1.165) is 5.56 Å². The van der Waals surface area contributed by atoms with E-state index in [1.54, 1.807) is 12.4 Å². The molecule has 0 aliphatic carbocycles. The van der Waals surface area contributed by atoms with Gasteiger partial charge in [-0.1, -0.05) is 6.07 Å². The zero-order valence-corrected chi connectivity index (χ0v) is 6.46. The lowest BCUT2D eigenvalue weighted by molar-refractivity contribution is 0.827. The van der Waals surface area contributed by atoms with E-state index in [0.29, 0.717) is 5.75 Å². The number of thiol groups is 1. The molecule has 1 atom stereocenters. The van der Waals surface area contributed by atoms with Crippen LogP contribution in [0.4, 0.5) is 0 Å². The molecule has 2 nitrogen and oxygen atoms in total. The van der Waals surface area contributed by atoms with Crippen LogP contribution in [0.1, 0.15) is 11.6 Å². The molecule has 0 saturated heterocycles. The van der Waals surface area contributed by atoms with Gasteiger partial charge in [-0.25, -0.2) is 0 Å². The normalized spacial score (nSPS) is 13.0. The molecule has 10 heavy (non-hydrogen) atoms. The number of rotatable bonds is 2. The van der Waals surface area contributed by atoms with Gasteiger partial charge in [-0.15, -0.1) is 0 Å². The van der Waals surface area contributed by atoms with Gasteiger partial charge < -0.3 is 5.73 Å². The summed E-state index contributed by atoms with van der Waals surface area (Å²) < 4.78 is 0. The van der Waals surface area contributed by atoms with Gasteiger partial charge in [0.25, 0.3) is 0 Å². The van der Waals surface area contributed by atoms with Crippen molar-refractivity contribution < 1.29 is 0 Å². The van der Waals surface area contributed by atoms with E-state index in [4.69, 9.17) is 5.73 Å². The molecule has 0 bridgehead atoms. The molecule has 0 spiro atoms. The van der Waals surface area contributed by atoms with E-state index in [9.17, 15) is 0 Å². The molecule has 1 heterocycles. The van der Waals surface area contributed by atoms with Crippen LogP contribution in [0.3, 0.4) is 0 Å². The molecule has 0 aromatic carbocycles. The van der Waals surface area contributed by atoms with Gasteiger partial charge >= 0.3 is 0 Å². The summed E-state index contributed by atoms with van der Waals surface area (Å²) in [5.41, 5.74) is 6.72. The third kappa shape index (κ3) is 1.72. The van der Waals surface area contributed by atoms with Crippen molar-refractivity contribution in [2.24, 2.45) is 5.73 Å². The maximum atomic E-state index is 5.68. The first-order valence-electron chi connectivity index (χ1n) is 3.11. The van der Waals surface area contributed by atoms with Gasteiger partial charge in [-0.05, 0) is 11.6 Å². The van der Waals surface area contributed by atoms with E-state index >= 15 is 0 Å². The van der Waals surface area contributed by atoms with Crippen molar-refractivity contribution in [3.63, 3.8) is 0 Å². The number of pyridine rings is 1. The van der Waals surface area contributed by atoms with Gasteiger partial charge in [0.2, 0.25) is 0 Å². The van der Waals surface area contributed by atoms with Crippen LogP contribution < -0.4 is 5.73 Å². The summed E-state index contributed by atoms with van der Waals surface area (Å²) in [6, 6.07) is 3.84. The van der Waals surface area contributed by atoms with Crippen molar-refractivity contribution in [1.29, 1.82) is 0 Å². The van der Waals surface area contributed by atoms with Crippen molar-refractivity contribution in [3.8, 4) is 0 Å². The maximum absolute atomic E-state index is 5.68. The van der Waals surface area contributed by atoms with Crippen LogP contribution >= 0.6 is 12.6 Å². The summed E-state index contributed by atoms with van der Waals surface area (Å²) >= 11 is 4.07. The predicted molar refractivity (Wildman–Crippen MR) is 45.0 cm³/mol. The molecular formula is C7H10N2S. The summed E-state index contributed by atoms with van der Waals surface area (Å²) in [6.07, 6.45) is 3.50. The third-order valence-electron chi connectivity index (χ3n) is 1.31. The molecule has 2 N–H and O–H groups in total. The zero-order valence-electron chi connectivity index (χ0n) is 5.57. The van der Waals surface area contributed by atoms with Crippen molar-refractivity contribution in [2.45, 2.75) is 6.04 Å². The topological polar surface area (TPSA) is 38.9 Å². The molecule has 1 aromatic rings. The zero-order chi connectivity index (χ0) is 7.40. The lowest BCUT2D eigenvalue weighted by Gasteiger charge is -2.05. The molecule has 0 saturated carbocycles. The Morgan fingerprint density at radius 3 is 3.00 bits per heavy atom. The molecule has 54 valence electrons. The molecule has 0 amide bonds. The number of aromatic nitrogens is 1. The number of nitrogens with zero attached hydrogens (tertiary/aromatic N) is 1. The fourth-order valence-corrected chi connectivity index (χ4v) is 0.912. The lowest BCUT2D eigenvalue weighted by atomic mass is 10.2. The minimum absolute atomic E-state index is 0.0111. The number of nitrogens with two attached hydrogens (primary N) is 1. The Bertz CT molecular complexity index is 188. The van der Waals surface area contributed by atoms with Crippen LogP contribution in [0, 0.1) is 0 Å². The highest BCUT2D eigenvalue weighted by Gasteiger charge is 2.00. The number of hydrogen-bond acceptors (Lipinski definition) is 3. The van der Waals surface area contributed by atoms with Gasteiger partial charge in [0.15, 0.2) is 0 Å². The first-order chi connectivity index (χ1) is 4.84. The first kappa shape index (κ1) is 7.57.